The van der Waals surface area contributed by atoms with Crippen LogP contribution in [-0.4, -0.2) is 24.5 Å². The minimum atomic E-state index is -0.116. The van der Waals surface area contributed by atoms with Gasteiger partial charge >= 0.3 is 0 Å². The van der Waals surface area contributed by atoms with Crippen LogP contribution in [0.5, 0.6) is 0 Å². The van der Waals surface area contributed by atoms with Gasteiger partial charge < -0.3 is 5.73 Å². The molecule has 3 atom stereocenters. The quantitative estimate of drug-likeness (QED) is 0.903. The molecule has 3 unspecified atom stereocenters. The first-order valence-electron chi connectivity index (χ1n) is 7.30. The number of hydrogen-bond donors (Lipinski definition) is 1. The van der Waals surface area contributed by atoms with Crippen LogP contribution < -0.4 is 5.73 Å². The molecule has 0 radical (unpaired) electrons. The first-order valence-corrected chi connectivity index (χ1v) is 7.30. The highest BCUT2D eigenvalue weighted by molar-refractivity contribution is 5.20. The standard InChI is InChI=1S/C16H25FN2/c1-12(14-8-4-5-9-15(14)17)19(2)11-13-7-3-6-10-16(13)18/h4-5,8-9,12-13,16H,3,6-7,10-11,18H2,1-2H3. The minimum Gasteiger partial charge on any atom is -0.327 e. The van der Waals surface area contributed by atoms with E-state index >= 15 is 0 Å². The number of halogens is 1. The minimum absolute atomic E-state index is 0.0929. The predicted molar refractivity (Wildman–Crippen MR) is 77.4 cm³/mol. The van der Waals surface area contributed by atoms with Crippen molar-refractivity contribution in [3.63, 3.8) is 0 Å². The maximum atomic E-state index is 13.8. The molecule has 1 aromatic carbocycles. The van der Waals surface area contributed by atoms with E-state index in [1.54, 1.807) is 6.07 Å². The van der Waals surface area contributed by atoms with Crippen molar-refractivity contribution in [2.24, 2.45) is 11.7 Å². The van der Waals surface area contributed by atoms with Crippen LogP contribution in [0.2, 0.25) is 0 Å². The van der Waals surface area contributed by atoms with Crippen molar-refractivity contribution >= 4 is 0 Å². The Kier molecular flexibility index (Phi) is 4.94. The van der Waals surface area contributed by atoms with Crippen molar-refractivity contribution in [1.29, 1.82) is 0 Å². The van der Waals surface area contributed by atoms with Crippen molar-refractivity contribution in [2.75, 3.05) is 13.6 Å². The lowest BCUT2D eigenvalue weighted by Gasteiger charge is -2.34. The number of nitrogens with two attached hydrogens (primary N) is 1. The molecular weight excluding hydrogens is 239 g/mol. The second kappa shape index (κ2) is 6.49. The molecule has 19 heavy (non-hydrogen) atoms. The number of benzene rings is 1. The molecule has 0 saturated heterocycles. The Morgan fingerprint density at radius 1 is 1.32 bits per heavy atom. The highest BCUT2D eigenvalue weighted by atomic mass is 19.1. The molecule has 0 heterocycles. The zero-order valence-corrected chi connectivity index (χ0v) is 12.0. The summed E-state index contributed by atoms with van der Waals surface area (Å²) >= 11 is 0. The molecule has 1 aromatic rings. The van der Waals surface area contributed by atoms with Gasteiger partial charge in [0, 0.05) is 24.2 Å². The predicted octanol–water partition coefficient (Wildman–Crippen LogP) is 3.34. The molecule has 2 N–H and O–H groups in total. The van der Waals surface area contributed by atoms with Crippen LogP contribution in [0.1, 0.15) is 44.2 Å². The Morgan fingerprint density at radius 3 is 2.68 bits per heavy atom. The van der Waals surface area contributed by atoms with Gasteiger partial charge in [0.1, 0.15) is 5.82 Å². The Labute approximate surface area is 115 Å². The summed E-state index contributed by atoms with van der Waals surface area (Å²) in [5.74, 6) is 0.433. The fourth-order valence-corrected chi connectivity index (χ4v) is 3.04. The third-order valence-corrected chi connectivity index (χ3v) is 4.51. The average Bonchev–Trinajstić information content (AvgIpc) is 2.41. The number of hydrogen-bond acceptors (Lipinski definition) is 2. The van der Waals surface area contributed by atoms with Gasteiger partial charge in [-0.2, -0.15) is 0 Å². The monoisotopic (exact) mass is 264 g/mol. The summed E-state index contributed by atoms with van der Waals surface area (Å²) in [6.45, 7) is 3.02. The molecule has 1 aliphatic rings. The summed E-state index contributed by atoms with van der Waals surface area (Å²) < 4.78 is 13.8. The molecule has 2 nitrogen and oxygen atoms in total. The van der Waals surface area contributed by atoms with Crippen molar-refractivity contribution in [1.82, 2.24) is 4.90 Å². The average molecular weight is 264 g/mol. The van der Waals surface area contributed by atoms with Gasteiger partial charge in [0.15, 0.2) is 0 Å². The lowest BCUT2D eigenvalue weighted by molar-refractivity contribution is 0.174. The van der Waals surface area contributed by atoms with Crippen LogP contribution in [0, 0.1) is 11.7 Å². The summed E-state index contributed by atoms with van der Waals surface area (Å²) in [4.78, 5) is 2.23. The SMILES string of the molecule is CC(c1ccccc1F)N(C)CC1CCCCC1N. The third kappa shape index (κ3) is 3.54. The Balaban J connectivity index is 1.99. The van der Waals surface area contributed by atoms with E-state index in [-0.39, 0.29) is 11.9 Å². The van der Waals surface area contributed by atoms with Crippen molar-refractivity contribution in [2.45, 2.75) is 44.7 Å². The Bertz CT molecular complexity index is 407. The van der Waals surface area contributed by atoms with E-state index in [1.807, 2.05) is 12.1 Å². The van der Waals surface area contributed by atoms with Gasteiger partial charge in [-0.25, -0.2) is 4.39 Å². The normalized spacial score (nSPS) is 25.5. The molecule has 0 amide bonds. The molecule has 106 valence electrons. The van der Waals surface area contributed by atoms with E-state index < -0.39 is 0 Å². The van der Waals surface area contributed by atoms with Gasteiger partial charge in [-0.05, 0) is 38.8 Å². The van der Waals surface area contributed by atoms with Gasteiger partial charge in [0.05, 0.1) is 0 Å². The largest absolute Gasteiger partial charge is 0.327 e. The van der Waals surface area contributed by atoms with Crippen molar-refractivity contribution in [3.05, 3.63) is 35.6 Å². The molecule has 3 heteroatoms. The molecular formula is C16H25FN2. The van der Waals surface area contributed by atoms with Crippen molar-refractivity contribution in [3.8, 4) is 0 Å². The van der Waals surface area contributed by atoms with Crippen LogP contribution >= 0.6 is 0 Å². The van der Waals surface area contributed by atoms with Crippen LogP contribution in [0.3, 0.4) is 0 Å². The maximum Gasteiger partial charge on any atom is 0.127 e. The van der Waals surface area contributed by atoms with Crippen molar-refractivity contribution < 1.29 is 4.39 Å². The fraction of sp³-hybridized carbons (Fsp3) is 0.625. The van der Waals surface area contributed by atoms with Gasteiger partial charge in [-0.15, -0.1) is 0 Å². The van der Waals surface area contributed by atoms with E-state index in [0.717, 1.165) is 18.5 Å². The zero-order chi connectivity index (χ0) is 13.8. The topological polar surface area (TPSA) is 29.3 Å². The molecule has 0 bridgehead atoms. The summed E-state index contributed by atoms with van der Waals surface area (Å²) in [5.41, 5.74) is 6.97. The molecule has 1 fully saturated rings. The molecule has 1 aliphatic carbocycles. The van der Waals surface area contributed by atoms with Crippen LogP contribution in [-0.2, 0) is 0 Å². The van der Waals surface area contributed by atoms with E-state index in [2.05, 4.69) is 18.9 Å². The highest BCUT2D eigenvalue weighted by Crippen LogP contribution is 2.27. The summed E-state index contributed by atoms with van der Waals surface area (Å²) in [6, 6.07) is 7.44. The first-order chi connectivity index (χ1) is 9.09. The fourth-order valence-electron chi connectivity index (χ4n) is 3.04. The maximum absolute atomic E-state index is 13.8. The van der Waals surface area contributed by atoms with E-state index in [0.29, 0.717) is 12.0 Å². The second-order valence-electron chi connectivity index (χ2n) is 5.85. The smallest absolute Gasteiger partial charge is 0.127 e. The zero-order valence-electron chi connectivity index (χ0n) is 12.0. The summed E-state index contributed by atoms with van der Waals surface area (Å²) in [7, 11) is 2.07. The number of rotatable bonds is 4. The summed E-state index contributed by atoms with van der Waals surface area (Å²) in [5, 5.41) is 0. The molecule has 0 aromatic heterocycles. The van der Waals surface area contributed by atoms with Crippen LogP contribution in [0.4, 0.5) is 4.39 Å². The van der Waals surface area contributed by atoms with Gasteiger partial charge in [0.2, 0.25) is 0 Å². The number of nitrogens with zero attached hydrogens (tertiary/aromatic N) is 1. The third-order valence-electron chi connectivity index (χ3n) is 4.51. The van der Waals surface area contributed by atoms with E-state index in [4.69, 9.17) is 5.73 Å². The molecule has 0 aliphatic heterocycles. The van der Waals surface area contributed by atoms with Gasteiger partial charge in [-0.1, -0.05) is 31.0 Å². The first kappa shape index (κ1) is 14.5. The second-order valence-corrected chi connectivity index (χ2v) is 5.85. The van der Waals surface area contributed by atoms with Crippen LogP contribution in [0.15, 0.2) is 24.3 Å². The van der Waals surface area contributed by atoms with E-state index in [1.165, 1.54) is 25.3 Å². The highest BCUT2D eigenvalue weighted by Gasteiger charge is 2.25. The lowest BCUT2D eigenvalue weighted by atomic mass is 9.84. The molecule has 1 saturated carbocycles. The van der Waals surface area contributed by atoms with E-state index in [9.17, 15) is 4.39 Å². The van der Waals surface area contributed by atoms with Crippen LogP contribution in [0.25, 0.3) is 0 Å². The molecule has 0 spiro atoms. The lowest BCUT2D eigenvalue weighted by Crippen LogP contribution is -2.40. The summed E-state index contributed by atoms with van der Waals surface area (Å²) in [6.07, 6.45) is 4.87. The Morgan fingerprint density at radius 2 is 2.00 bits per heavy atom. The Hall–Kier alpha value is -0.930. The van der Waals surface area contributed by atoms with Gasteiger partial charge in [-0.3, -0.25) is 4.90 Å². The van der Waals surface area contributed by atoms with Gasteiger partial charge in [0.25, 0.3) is 0 Å². The molecule has 2 rings (SSSR count).